The van der Waals surface area contributed by atoms with Crippen LogP contribution in [0, 0.1) is 13.8 Å². The van der Waals surface area contributed by atoms with Crippen molar-refractivity contribution in [1.82, 2.24) is 10.2 Å². The largest absolute Gasteiger partial charge is 0.466 e. The van der Waals surface area contributed by atoms with Crippen LogP contribution in [0.25, 0.3) is 0 Å². The quantitative estimate of drug-likeness (QED) is 0.924. The third-order valence-electron chi connectivity index (χ3n) is 4.55. The molecule has 1 unspecified atom stereocenters. The highest BCUT2D eigenvalue weighted by Crippen LogP contribution is 2.21. The van der Waals surface area contributed by atoms with E-state index in [0.717, 1.165) is 51.3 Å². The van der Waals surface area contributed by atoms with Crippen molar-refractivity contribution >= 4 is 5.91 Å². The van der Waals surface area contributed by atoms with Crippen molar-refractivity contribution < 1.29 is 13.9 Å². The second-order valence-electron chi connectivity index (χ2n) is 6.12. The average molecular weight is 292 g/mol. The molecule has 3 heterocycles. The maximum Gasteiger partial charge on any atom is 0.255 e. The van der Waals surface area contributed by atoms with E-state index in [9.17, 15) is 4.79 Å². The SMILES string of the molecule is Cc1cc(C(=O)NC2CCN(C3CCOCC3)C2)c(C)o1. The van der Waals surface area contributed by atoms with Gasteiger partial charge in [0.05, 0.1) is 5.56 Å². The van der Waals surface area contributed by atoms with Gasteiger partial charge in [-0.1, -0.05) is 0 Å². The number of amides is 1. The molecule has 2 fully saturated rings. The number of nitrogens with one attached hydrogen (secondary N) is 1. The van der Waals surface area contributed by atoms with Gasteiger partial charge in [-0.15, -0.1) is 0 Å². The summed E-state index contributed by atoms with van der Waals surface area (Å²) in [4.78, 5) is 14.8. The van der Waals surface area contributed by atoms with Crippen molar-refractivity contribution in [1.29, 1.82) is 0 Å². The van der Waals surface area contributed by atoms with Gasteiger partial charge in [0.2, 0.25) is 0 Å². The van der Waals surface area contributed by atoms with Gasteiger partial charge < -0.3 is 14.5 Å². The van der Waals surface area contributed by atoms with E-state index >= 15 is 0 Å². The number of likely N-dealkylation sites (tertiary alicyclic amines) is 1. The third-order valence-corrected chi connectivity index (χ3v) is 4.55. The summed E-state index contributed by atoms with van der Waals surface area (Å²) in [6, 6.07) is 2.68. The fourth-order valence-corrected chi connectivity index (χ4v) is 3.41. The third kappa shape index (κ3) is 3.30. The Morgan fingerprint density at radius 2 is 2.05 bits per heavy atom. The minimum Gasteiger partial charge on any atom is -0.466 e. The normalized spacial score (nSPS) is 24.4. The predicted octanol–water partition coefficient (Wildman–Crippen LogP) is 1.88. The van der Waals surface area contributed by atoms with Crippen LogP contribution >= 0.6 is 0 Å². The fraction of sp³-hybridized carbons (Fsp3) is 0.688. The number of ether oxygens (including phenoxy) is 1. The van der Waals surface area contributed by atoms with Crippen molar-refractivity contribution in [3.63, 3.8) is 0 Å². The number of hydrogen-bond donors (Lipinski definition) is 1. The molecule has 0 saturated carbocycles. The molecule has 5 heteroatoms. The Bertz CT molecular complexity index is 506. The van der Waals surface area contributed by atoms with E-state index < -0.39 is 0 Å². The zero-order chi connectivity index (χ0) is 14.8. The highest BCUT2D eigenvalue weighted by molar-refractivity contribution is 5.95. The highest BCUT2D eigenvalue weighted by Gasteiger charge is 2.30. The fourth-order valence-electron chi connectivity index (χ4n) is 3.41. The van der Waals surface area contributed by atoms with Crippen LogP contribution in [0.4, 0.5) is 0 Å². The molecule has 3 rings (SSSR count). The molecule has 0 radical (unpaired) electrons. The van der Waals surface area contributed by atoms with E-state index in [2.05, 4.69) is 10.2 Å². The molecule has 116 valence electrons. The molecule has 1 amide bonds. The molecular weight excluding hydrogens is 268 g/mol. The second kappa shape index (κ2) is 6.20. The molecule has 2 saturated heterocycles. The van der Waals surface area contributed by atoms with Gasteiger partial charge in [0.1, 0.15) is 11.5 Å². The molecule has 0 bridgehead atoms. The van der Waals surface area contributed by atoms with Gasteiger partial charge >= 0.3 is 0 Å². The lowest BCUT2D eigenvalue weighted by atomic mass is 10.1. The highest BCUT2D eigenvalue weighted by atomic mass is 16.5. The van der Waals surface area contributed by atoms with Crippen LogP contribution in [0.2, 0.25) is 0 Å². The molecule has 1 aromatic rings. The number of carbonyl (C=O) groups excluding carboxylic acids is 1. The molecule has 0 aliphatic carbocycles. The summed E-state index contributed by atoms with van der Waals surface area (Å²) in [5.41, 5.74) is 0.664. The standard InChI is InChI=1S/C16H24N2O3/c1-11-9-15(12(2)21-11)16(19)17-13-3-6-18(10-13)14-4-7-20-8-5-14/h9,13-14H,3-8,10H2,1-2H3,(H,17,19). The van der Waals surface area contributed by atoms with Crippen molar-refractivity contribution in [3.8, 4) is 0 Å². The van der Waals surface area contributed by atoms with Gasteiger partial charge in [-0.25, -0.2) is 0 Å². The smallest absolute Gasteiger partial charge is 0.255 e. The van der Waals surface area contributed by atoms with Gasteiger partial charge in [-0.05, 0) is 39.2 Å². The first kappa shape index (κ1) is 14.6. The van der Waals surface area contributed by atoms with Gasteiger partial charge in [0.25, 0.3) is 5.91 Å². The summed E-state index contributed by atoms with van der Waals surface area (Å²) >= 11 is 0. The van der Waals surface area contributed by atoms with Crippen LogP contribution in [-0.4, -0.2) is 49.2 Å². The zero-order valence-electron chi connectivity index (χ0n) is 12.9. The predicted molar refractivity (Wildman–Crippen MR) is 79.5 cm³/mol. The number of rotatable bonds is 3. The lowest BCUT2D eigenvalue weighted by molar-refractivity contribution is 0.0415. The summed E-state index contributed by atoms with van der Waals surface area (Å²) in [6.07, 6.45) is 3.25. The first-order valence-corrected chi connectivity index (χ1v) is 7.83. The second-order valence-corrected chi connectivity index (χ2v) is 6.12. The molecule has 0 spiro atoms. The van der Waals surface area contributed by atoms with Crippen LogP contribution < -0.4 is 5.32 Å². The molecule has 2 aliphatic heterocycles. The molecule has 5 nitrogen and oxygen atoms in total. The maximum absolute atomic E-state index is 12.3. The summed E-state index contributed by atoms with van der Waals surface area (Å²) in [5, 5.41) is 3.15. The Hall–Kier alpha value is -1.33. The minimum absolute atomic E-state index is 0.0109. The van der Waals surface area contributed by atoms with Crippen LogP contribution in [0.1, 0.15) is 41.1 Å². The van der Waals surface area contributed by atoms with E-state index in [-0.39, 0.29) is 11.9 Å². The van der Waals surface area contributed by atoms with E-state index in [4.69, 9.17) is 9.15 Å². The van der Waals surface area contributed by atoms with Crippen molar-refractivity contribution in [2.24, 2.45) is 0 Å². The van der Waals surface area contributed by atoms with Crippen LogP contribution in [0.5, 0.6) is 0 Å². The Balaban J connectivity index is 1.54. The van der Waals surface area contributed by atoms with Gasteiger partial charge in [-0.2, -0.15) is 0 Å². The minimum atomic E-state index is -0.0109. The molecule has 1 atom stereocenters. The van der Waals surface area contributed by atoms with Crippen molar-refractivity contribution in [2.45, 2.75) is 45.2 Å². The Labute approximate surface area is 125 Å². The van der Waals surface area contributed by atoms with E-state index in [1.807, 2.05) is 19.9 Å². The number of aryl methyl sites for hydroxylation is 2. The van der Waals surface area contributed by atoms with Gasteiger partial charge in [0, 0.05) is 38.4 Å². The lowest BCUT2D eigenvalue weighted by Crippen LogP contribution is -2.41. The van der Waals surface area contributed by atoms with Crippen LogP contribution in [-0.2, 0) is 4.74 Å². The van der Waals surface area contributed by atoms with Gasteiger partial charge in [0.15, 0.2) is 0 Å². The average Bonchev–Trinajstić information content (AvgIpc) is 3.06. The molecule has 1 N–H and O–H groups in total. The molecule has 21 heavy (non-hydrogen) atoms. The molecule has 1 aromatic heterocycles. The maximum atomic E-state index is 12.3. The van der Waals surface area contributed by atoms with Crippen molar-refractivity contribution in [2.75, 3.05) is 26.3 Å². The number of carbonyl (C=O) groups is 1. The number of nitrogens with zero attached hydrogens (tertiary/aromatic N) is 1. The van der Waals surface area contributed by atoms with Crippen LogP contribution in [0.3, 0.4) is 0 Å². The number of hydrogen-bond acceptors (Lipinski definition) is 4. The van der Waals surface area contributed by atoms with E-state index in [0.29, 0.717) is 17.4 Å². The summed E-state index contributed by atoms with van der Waals surface area (Å²) in [7, 11) is 0. The topological polar surface area (TPSA) is 54.7 Å². The molecular formula is C16H24N2O3. The Kier molecular flexibility index (Phi) is 4.31. The van der Waals surface area contributed by atoms with Crippen molar-refractivity contribution in [3.05, 3.63) is 23.2 Å². The van der Waals surface area contributed by atoms with E-state index in [1.54, 1.807) is 0 Å². The molecule has 0 aromatic carbocycles. The Morgan fingerprint density at radius 3 is 2.71 bits per heavy atom. The Morgan fingerprint density at radius 1 is 1.29 bits per heavy atom. The summed E-state index contributed by atoms with van der Waals surface area (Å²) < 4.78 is 10.8. The lowest BCUT2D eigenvalue weighted by Gasteiger charge is -2.31. The van der Waals surface area contributed by atoms with Crippen LogP contribution in [0.15, 0.2) is 10.5 Å². The first-order valence-electron chi connectivity index (χ1n) is 7.83. The molecule has 2 aliphatic rings. The zero-order valence-corrected chi connectivity index (χ0v) is 12.9. The number of furan rings is 1. The summed E-state index contributed by atoms with van der Waals surface area (Å²) in [5.74, 6) is 1.47. The van der Waals surface area contributed by atoms with E-state index in [1.165, 1.54) is 0 Å². The van der Waals surface area contributed by atoms with Gasteiger partial charge in [-0.3, -0.25) is 9.69 Å². The monoisotopic (exact) mass is 292 g/mol. The summed E-state index contributed by atoms with van der Waals surface area (Å²) in [6.45, 7) is 7.46. The first-order chi connectivity index (χ1) is 10.1.